The minimum Gasteiger partial charge on any atom is -0.391 e. The molecule has 2 rings (SSSR count). The van der Waals surface area contributed by atoms with Crippen LogP contribution in [0.1, 0.15) is 32.8 Å². The van der Waals surface area contributed by atoms with E-state index in [0.29, 0.717) is 6.42 Å². The highest BCUT2D eigenvalue weighted by molar-refractivity contribution is 5.97. The second kappa shape index (κ2) is 5.78. The Morgan fingerprint density at radius 1 is 1.38 bits per heavy atom. The van der Waals surface area contributed by atoms with Crippen LogP contribution in [0.5, 0.6) is 0 Å². The van der Waals surface area contributed by atoms with Crippen molar-refractivity contribution in [2.24, 2.45) is 0 Å². The van der Waals surface area contributed by atoms with Gasteiger partial charge in [-0.25, -0.2) is 0 Å². The molecule has 0 radical (unpaired) electrons. The number of carbonyl (C=O) groups excluding carboxylic acids is 1. The number of carbonyl (C=O) groups is 1. The number of anilines is 1. The molecule has 0 bridgehead atoms. The van der Waals surface area contributed by atoms with E-state index in [2.05, 4.69) is 25.7 Å². The number of rotatable bonds is 2. The topological polar surface area (TPSA) is 43.8 Å². The second-order valence-corrected chi connectivity index (χ2v) is 6.90. The van der Waals surface area contributed by atoms with Crippen LogP contribution >= 0.6 is 0 Å². The van der Waals surface area contributed by atoms with E-state index in [0.717, 1.165) is 17.8 Å². The molecular formula is C17H26N2O2. The molecule has 4 heteroatoms. The first-order valence-electron chi connectivity index (χ1n) is 7.51. The lowest BCUT2D eigenvalue weighted by Gasteiger charge is -2.38. The maximum Gasteiger partial charge on any atom is 0.246 e. The second-order valence-electron chi connectivity index (χ2n) is 6.90. The Bertz CT molecular complexity index is 522. The molecule has 4 nitrogen and oxygen atoms in total. The highest BCUT2D eigenvalue weighted by Crippen LogP contribution is 2.29. The highest BCUT2D eigenvalue weighted by atomic mass is 16.3. The molecule has 1 aliphatic rings. The summed E-state index contributed by atoms with van der Waals surface area (Å²) in [4.78, 5) is 16.6. The Morgan fingerprint density at radius 2 is 2.05 bits per heavy atom. The average Bonchev–Trinajstić information content (AvgIpc) is 2.79. The number of likely N-dealkylation sites (N-methyl/N-ethyl adjacent to an activating group) is 1. The standard InChI is InChI=1S/C17H26N2O2/c1-12-7-6-8-13(11-12)18(5)16(21)15-14(20)9-10-19(15)17(2,3)4/h6-8,11,14-15,20H,9-10H2,1-5H3/t14-,15-/m0/s1. The van der Waals surface area contributed by atoms with Crippen LogP contribution in [0.3, 0.4) is 0 Å². The number of amides is 1. The van der Waals surface area contributed by atoms with Gasteiger partial charge in [-0.3, -0.25) is 9.69 Å². The average molecular weight is 290 g/mol. The van der Waals surface area contributed by atoms with Crippen molar-refractivity contribution >= 4 is 11.6 Å². The summed E-state index contributed by atoms with van der Waals surface area (Å²) in [5.74, 6) is -0.0412. The van der Waals surface area contributed by atoms with Gasteiger partial charge in [-0.15, -0.1) is 0 Å². The lowest BCUT2D eigenvalue weighted by molar-refractivity contribution is -0.127. The fourth-order valence-electron chi connectivity index (χ4n) is 2.99. The van der Waals surface area contributed by atoms with Crippen molar-refractivity contribution in [2.75, 3.05) is 18.5 Å². The van der Waals surface area contributed by atoms with E-state index in [4.69, 9.17) is 0 Å². The van der Waals surface area contributed by atoms with Crippen molar-refractivity contribution in [1.29, 1.82) is 0 Å². The Morgan fingerprint density at radius 3 is 2.62 bits per heavy atom. The molecule has 1 aliphatic heterocycles. The van der Waals surface area contributed by atoms with Crippen molar-refractivity contribution in [1.82, 2.24) is 4.90 Å². The summed E-state index contributed by atoms with van der Waals surface area (Å²) in [7, 11) is 1.78. The minimum atomic E-state index is -0.594. The van der Waals surface area contributed by atoms with Gasteiger partial charge >= 0.3 is 0 Å². The Labute approximate surface area is 127 Å². The van der Waals surface area contributed by atoms with Crippen LogP contribution in [0.25, 0.3) is 0 Å². The van der Waals surface area contributed by atoms with Crippen molar-refractivity contribution in [2.45, 2.75) is 51.8 Å². The predicted octanol–water partition coefficient (Wildman–Crippen LogP) is 2.19. The summed E-state index contributed by atoms with van der Waals surface area (Å²) in [5, 5.41) is 10.3. The summed E-state index contributed by atoms with van der Waals surface area (Å²) in [6, 6.07) is 7.40. The third-order valence-electron chi connectivity index (χ3n) is 4.20. The van der Waals surface area contributed by atoms with Crippen molar-refractivity contribution < 1.29 is 9.90 Å². The predicted molar refractivity (Wildman–Crippen MR) is 85.5 cm³/mol. The summed E-state index contributed by atoms with van der Waals surface area (Å²) in [6.07, 6.45) is 0.0546. The number of aliphatic hydroxyl groups excluding tert-OH is 1. The highest BCUT2D eigenvalue weighted by Gasteiger charge is 2.44. The zero-order chi connectivity index (χ0) is 15.8. The van der Waals surface area contributed by atoms with E-state index in [1.54, 1.807) is 11.9 Å². The summed E-state index contributed by atoms with van der Waals surface area (Å²) in [6.45, 7) is 9.00. The normalized spacial score (nSPS) is 23.3. The van der Waals surface area contributed by atoms with Crippen LogP contribution in [0.2, 0.25) is 0 Å². The number of benzene rings is 1. The number of likely N-dealkylation sites (tertiary alicyclic amines) is 1. The molecule has 0 unspecified atom stereocenters. The van der Waals surface area contributed by atoms with E-state index >= 15 is 0 Å². The third-order valence-corrected chi connectivity index (χ3v) is 4.20. The molecule has 2 atom stereocenters. The van der Waals surface area contributed by atoms with Gasteiger partial charge in [-0.05, 0) is 51.8 Å². The molecule has 1 saturated heterocycles. The zero-order valence-electron chi connectivity index (χ0n) is 13.6. The van der Waals surface area contributed by atoms with Gasteiger partial charge in [0.2, 0.25) is 5.91 Å². The molecule has 0 spiro atoms. The molecule has 116 valence electrons. The number of aliphatic hydroxyl groups is 1. The minimum absolute atomic E-state index is 0.0412. The van der Waals surface area contributed by atoms with E-state index in [-0.39, 0.29) is 11.4 Å². The van der Waals surface area contributed by atoms with E-state index in [1.165, 1.54) is 0 Å². The van der Waals surface area contributed by atoms with Crippen molar-refractivity contribution in [3.8, 4) is 0 Å². The third kappa shape index (κ3) is 3.27. The SMILES string of the molecule is Cc1cccc(N(C)C(=O)[C@@H]2[C@@H](O)CCN2C(C)(C)C)c1. The van der Waals surface area contributed by atoms with Crippen LogP contribution in [0, 0.1) is 6.92 Å². The van der Waals surface area contributed by atoms with Crippen LogP contribution in [0.15, 0.2) is 24.3 Å². The smallest absolute Gasteiger partial charge is 0.246 e. The Kier molecular flexibility index (Phi) is 4.40. The van der Waals surface area contributed by atoms with Crippen LogP contribution in [0.4, 0.5) is 5.69 Å². The molecule has 0 aromatic heterocycles. The maximum absolute atomic E-state index is 12.8. The van der Waals surface area contributed by atoms with Crippen molar-refractivity contribution in [3.05, 3.63) is 29.8 Å². The fraction of sp³-hybridized carbons (Fsp3) is 0.588. The molecule has 1 aromatic rings. The molecule has 1 fully saturated rings. The molecule has 21 heavy (non-hydrogen) atoms. The molecule has 1 heterocycles. The van der Waals surface area contributed by atoms with E-state index < -0.39 is 12.1 Å². The van der Waals surface area contributed by atoms with Crippen LogP contribution < -0.4 is 4.90 Å². The van der Waals surface area contributed by atoms with Gasteiger partial charge in [0.05, 0.1) is 6.10 Å². The van der Waals surface area contributed by atoms with Gasteiger partial charge in [-0.2, -0.15) is 0 Å². The molecule has 1 N–H and O–H groups in total. The molecule has 0 saturated carbocycles. The number of nitrogens with zero attached hydrogens (tertiary/aromatic N) is 2. The van der Waals surface area contributed by atoms with Gasteiger partial charge in [-0.1, -0.05) is 12.1 Å². The largest absolute Gasteiger partial charge is 0.391 e. The van der Waals surface area contributed by atoms with Gasteiger partial charge in [0, 0.05) is 24.8 Å². The van der Waals surface area contributed by atoms with Crippen LogP contribution in [-0.4, -0.2) is 47.2 Å². The number of hydrogen-bond acceptors (Lipinski definition) is 3. The maximum atomic E-state index is 12.8. The lowest BCUT2D eigenvalue weighted by atomic mass is 10.0. The van der Waals surface area contributed by atoms with Crippen LogP contribution in [-0.2, 0) is 4.79 Å². The fourth-order valence-corrected chi connectivity index (χ4v) is 2.99. The summed E-state index contributed by atoms with van der Waals surface area (Å²) in [5.41, 5.74) is 1.85. The van der Waals surface area contributed by atoms with E-state index in [9.17, 15) is 9.90 Å². The molecule has 0 aliphatic carbocycles. The van der Waals surface area contributed by atoms with Gasteiger partial charge in [0.1, 0.15) is 6.04 Å². The number of aryl methyl sites for hydroxylation is 1. The monoisotopic (exact) mass is 290 g/mol. The first kappa shape index (κ1) is 16.0. The van der Waals surface area contributed by atoms with Gasteiger partial charge < -0.3 is 10.0 Å². The quantitative estimate of drug-likeness (QED) is 0.908. The van der Waals surface area contributed by atoms with Crippen molar-refractivity contribution in [3.63, 3.8) is 0 Å². The zero-order valence-corrected chi connectivity index (χ0v) is 13.6. The lowest BCUT2D eigenvalue weighted by Crippen LogP contribution is -2.54. The Balaban J connectivity index is 2.25. The van der Waals surface area contributed by atoms with Gasteiger partial charge in [0.25, 0.3) is 0 Å². The Hall–Kier alpha value is -1.39. The van der Waals surface area contributed by atoms with E-state index in [1.807, 2.05) is 31.2 Å². The molecule has 1 aromatic carbocycles. The first-order valence-corrected chi connectivity index (χ1v) is 7.51. The molecule has 1 amide bonds. The van der Waals surface area contributed by atoms with Gasteiger partial charge in [0.15, 0.2) is 0 Å². The first-order chi connectivity index (χ1) is 9.71. The summed E-state index contributed by atoms with van der Waals surface area (Å²) >= 11 is 0. The summed E-state index contributed by atoms with van der Waals surface area (Å²) < 4.78 is 0. The number of hydrogen-bond donors (Lipinski definition) is 1. The molecular weight excluding hydrogens is 264 g/mol.